The highest BCUT2D eigenvalue weighted by atomic mass is 19.3. The summed E-state index contributed by atoms with van der Waals surface area (Å²) in [6, 6.07) is 7.47. The Labute approximate surface area is 92.5 Å². The second kappa shape index (κ2) is 3.87. The molecule has 1 aromatic heterocycles. The van der Waals surface area contributed by atoms with Crippen molar-refractivity contribution in [3.8, 4) is 0 Å². The fourth-order valence-corrected chi connectivity index (χ4v) is 1.79. The van der Waals surface area contributed by atoms with Gasteiger partial charge in [0.2, 0.25) is 0 Å². The zero-order valence-corrected chi connectivity index (χ0v) is 9.00. The summed E-state index contributed by atoms with van der Waals surface area (Å²) in [6.45, 7) is 1.38. The Morgan fingerprint density at radius 3 is 2.81 bits per heavy atom. The third kappa shape index (κ3) is 1.93. The molecule has 0 saturated heterocycles. The summed E-state index contributed by atoms with van der Waals surface area (Å²) in [5.41, 5.74) is 5.91. The van der Waals surface area contributed by atoms with Crippen molar-refractivity contribution in [3.63, 3.8) is 0 Å². The summed E-state index contributed by atoms with van der Waals surface area (Å²) in [6.07, 6.45) is -0.564. The minimum atomic E-state index is -2.53. The van der Waals surface area contributed by atoms with Gasteiger partial charge in [0, 0.05) is 17.1 Å². The quantitative estimate of drug-likeness (QED) is 0.827. The normalized spacial score (nSPS) is 15.6. The van der Waals surface area contributed by atoms with Crippen molar-refractivity contribution in [2.24, 2.45) is 5.73 Å². The fraction of sp³-hybridized carbons (Fsp3) is 0.333. The van der Waals surface area contributed by atoms with Crippen molar-refractivity contribution >= 4 is 10.9 Å². The number of nitrogens with one attached hydrogen (secondary N) is 1. The van der Waals surface area contributed by atoms with Crippen molar-refractivity contribution in [2.45, 2.75) is 25.3 Å². The third-order valence-corrected chi connectivity index (χ3v) is 2.76. The van der Waals surface area contributed by atoms with Crippen molar-refractivity contribution < 1.29 is 8.78 Å². The minimum Gasteiger partial charge on any atom is -0.361 e. The Bertz CT molecular complexity index is 488. The Morgan fingerprint density at radius 1 is 1.38 bits per heavy atom. The first-order chi connectivity index (χ1) is 7.50. The largest absolute Gasteiger partial charge is 0.361 e. The molecule has 1 heterocycles. The molecule has 4 heteroatoms. The van der Waals surface area contributed by atoms with E-state index in [2.05, 4.69) is 4.98 Å². The molecule has 3 N–H and O–H groups in total. The molecule has 1 aromatic carbocycles. The number of nitrogens with two attached hydrogens (primary N) is 1. The standard InChI is InChI=1S/C12H14F2N2/c1-12(15,11(13)14)7-8-3-2-4-10-9(8)5-6-16-10/h2-6,11,16H,7,15H2,1H3. The number of alkyl halides is 2. The zero-order valence-electron chi connectivity index (χ0n) is 9.00. The van der Waals surface area contributed by atoms with Gasteiger partial charge in [0.1, 0.15) is 0 Å². The first kappa shape index (κ1) is 11.1. The summed E-state index contributed by atoms with van der Waals surface area (Å²) < 4.78 is 25.4. The maximum Gasteiger partial charge on any atom is 0.256 e. The first-order valence-electron chi connectivity index (χ1n) is 5.13. The van der Waals surface area contributed by atoms with Crippen LogP contribution >= 0.6 is 0 Å². The second-order valence-corrected chi connectivity index (χ2v) is 4.34. The molecule has 0 bridgehead atoms. The zero-order chi connectivity index (χ0) is 11.8. The Hall–Kier alpha value is -1.42. The van der Waals surface area contributed by atoms with E-state index in [1.807, 2.05) is 24.3 Å². The topological polar surface area (TPSA) is 41.8 Å². The van der Waals surface area contributed by atoms with E-state index < -0.39 is 12.0 Å². The number of aromatic nitrogens is 1. The molecule has 0 saturated carbocycles. The van der Waals surface area contributed by atoms with Gasteiger partial charge in [0.25, 0.3) is 6.43 Å². The summed E-state index contributed by atoms with van der Waals surface area (Å²) in [5.74, 6) is 0. The van der Waals surface area contributed by atoms with Crippen LogP contribution in [0.5, 0.6) is 0 Å². The maximum atomic E-state index is 12.7. The van der Waals surface area contributed by atoms with E-state index in [0.29, 0.717) is 0 Å². The van der Waals surface area contributed by atoms with Crippen molar-refractivity contribution in [2.75, 3.05) is 0 Å². The summed E-state index contributed by atoms with van der Waals surface area (Å²) in [7, 11) is 0. The summed E-state index contributed by atoms with van der Waals surface area (Å²) in [4.78, 5) is 3.05. The Morgan fingerprint density at radius 2 is 2.12 bits per heavy atom. The van der Waals surface area contributed by atoms with Gasteiger partial charge in [-0.15, -0.1) is 0 Å². The van der Waals surface area contributed by atoms with E-state index >= 15 is 0 Å². The van der Waals surface area contributed by atoms with Crippen molar-refractivity contribution in [3.05, 3.63) is 36.0 Å². The number of hydrogen-bond donors (Lipinski definition) is 2. The lowest BCUT2D eigenvalue weighted by Gasteiger charge is -2.23. The fourth-order valence-electron chi connectivity index (χ4n) is 1.79. The Kier molecular flexibility index (Phi) is 2.68. The summed E-state index contributed by atoms with van der Waals surface area (Å²) in [5, 5.41) is 0.958. The SMILES string of the molecule is CC(N)(Cc1cccc2[nH]ccc12)C(F)F. The van der Waals surface area contributed by atoms with Gasteiger partial charge >= 0.3 is 0 Å². The number of fused-ring (bicyclic) bond motifs is 1. The highest BCUT2D eigenvalue weighted by Crippen LogP contribution is 2.24. The highest BCUT2D eigenvalue weighted by molar-refractivity contribution is 5.83. The van der Waals surface area contributed by atoms with Gasteiger partial charge in [-0.05, 0) is 31.0 Å². The Balaban J connectivity index is 2.37. The minimum absolute atomic E-state index is 0.167. The lowest BCUT2D eigenvalue weighted by atomic mass is 9.92. The molecule has 1 unspecified atom stereocenters. The lowest BCUT2D eigenvalue weighted by Crippen LogP contribution is -2.45. The van der Waals surface area contributed by atoms with Crippen LogP contribution in [-0.4, -0.2) is 16.9 Å². The molecule has 0 spiro atoms. The molecular formula is C12H14F2N2. The van der Waals surface area contributed by atoms with Crippen molar-refractivity contribution in [1.82, 2.24) is 4.98 Å². The number of aromatic amines is 1. The molecule has 0 radical (unpaired) electrons. The van der Waals surface area contributed by atoms with Crippen LogP contribution in [0.4, 0.5) is 8.78 Å². The molecule has 16 heavy (non-hydrogen) atoms. The van der Waals surface area contributed by atoms with Gasteiger partial charge < -0.3 is 10.7 Å². The maximum absolute atomic E-state index is 12.7. The van der Waals surface area contributed by atoms with Crippen LogP contribution in [0, 0.1) is 0 Å². The average Bonchev–Trinajstić information content (AvgIpc) is 2.65. The van der Waals surface area contributed by atoms with E-state index in [-0.39, 0.29) is 6.42 Å². The number of rotatable bonds is 3. The molecule has 2 aromatic rings. The van der Waals surface area contributed by atoms with Gasteiger partial charge in [-0.25, -0.2) is 8.78 Å². The number of hydrogen-bond acceptors (Lipinski definition) is 1. The molecule has 2 nitrogen and oxygen atoms in total. The number of halogens is 2. The van der Waals surface area contributed by atoms with E-state index in [9.17, 15) is 8.78 Å². The van der Waals surface area contributed by atoms with Gasteiger partial charge in [0.05, 0.1) is 5.54 Å². The van der Waals surface area contributed by atoms with E-state index in [0.717, 1.165) is 16.5 Å². The first-order valence-corrected chi connectivity index (χ1v) is 5.13. The predicted molar refractivity (Wildman–Crippen MR) is 60.6 cm³/mol. The van der Waals surface area contributed by atoms with Gasteiger partial charge in [0.15, 0.2) is 0 Å². The van der Waals surface area contributed by atoms with Crippen LogP contribution < -0.4 is 5.73 Å². The van der Waals surface area contributed by atoms with E-state index in [4.69, 9.17) is 5.73 Å². The van der Waals surface area contributed by atoms with E-state index in [1.54, 1.807) is 6.20 Å². The lowest BCUT2D eigenvalue weighted by molar-refractivity contribution is 0.0641. The van der Waals surface area contributed by atoms with Crippen molar-refractivity contribution in [1.29, 1.82) is 0 Å². The number of benzene rings is 1. The molecule has 86 valence electrons. The molecule has 0 fully saturated rings. The van der Waals surface area contributed by atoms with Crippen LogP contribution in [0.2, 0.25) is 0 Å². The van der Waals surface area contributed by atoms with Crippen LogP contribution in [0.3, 0.4) is 0 Å². The van der Waals surface area contributed by atoms with Gasteiger partial charge in [-0.3, -0.25) is 0 Å². The van der Waals surface area contributed by atoms with Gasteiger partial charge in [-0.1, -0.05) is 12.1 Å². The van der Waals surface area contributed by atoms with Crippen LogP contribution in [0.25, 0.3) is 10.9 Å². The third-order valence-electron chi connectivity index (χ3n) is 2.76. The van der Waals surface area contributed by atoms with Crippen LogP contribution in [0.15, 0.2) is 30.5 Å². The van der Waals surface area contributed by atoms with Crippen LogP contribution in [0.1, 0.15) is 12.5 Å². The molecule has 0 aliphatic heterocycles. The predicted octanol–water partition coefficient (Wildman–Crippen LogP) is 2.69. The molecule has 0 aliphatic carbocycles. The number of H-pyrrole nitrogens is 1. The molecule has 2 rings (SSSR count). The monoisotopic (exact) mass is 224 g/mol. The smallest absolute Gasteiger partial charge is 0.256 e. The molecular weight excluding hydrogens is 210 g/mol. The summed E-state index contributed by atoms with van der Waals surface area (Å²) >= 11 is 0. The average molecular weight is 224 g/mol. The molecule has 0 amide bonds. The highest BCUT2D eigenvalue weighted by Gasteiger charge is 2.30. The van der Waals surface area contributed by atoms with E-state index in [1.165, 1.54) is 6.92 Å². The molecule has 1 atom stereocenters. The van der Waals surface area contributed by atoms with Gasteiger partial charge in [-0.2, -0.15) is 0 Å². The second-order valence-electron chi connectivity index (χ2n) is 4.34. The molecule has 0 aliphatic rings. The van der Waals surface area contributed by atoms with Crippen LogP contribution in [-0.2, 0) is 6.42 Å².